The predicted octanol–water partition coefficient (Wildman–Crippen LogP) is 7.25. The van der Waals surface area contributed by atoms with Gasteiger partial charge < -0.3 is 4.74 Å². The van der Waals surface area contributed by atoms with Crippen LogP contribution in [0.15, 0.2) is 89.8 Å². The maximum absolute atomic E-state index is 11.9. The molecule has 0 bridgehead atoms. The first kappa shape index (κ1) is 26.0. The van der Waals surface area contributed by atoms with Crippen molar-refractivity contribution in [3.8, 4) is 5.75 Å². The SMILES string of the molecule is COc1ccc2c(c1)CCC(c1ccccc1C)=C2c1ccc(CCc2cc(C)ccc2S(=O)(=O)O)cc1. The van der Waals surface area contributed by atoms with Crippen molar-refractivity contribution in [2.45, 2.75) is 44.4 Å². The zero-order valence-corrected chi connectivity index (χ0v) is 22.8. The van der Waals surface area contributed by atoms with Gasteiger partial charge in [-0.1, -0.05) is 72.3 Å². The molecule has 0 unspecified atom stereocenters. The molecule has 4 aromatic carbocycles. The van der Waals surface area contributed by atoms with Crippen LogP contribution < -0.4 is 4.74 Å². The molecule has 1 N–H and O–H groups in total. The number of hydrogen-bond donors (Lipinski definition) is 1. The van der Waals surface area contributed by atoms with Crippen LogP contribution in [0.2, 0.25) is 0 Å². The summed E-state index contributed by atoms with van der Waals surface area (Å²) in [5.74, 6) is 0.873. The number of rotatable bonds is 7. The second kappa shape index (κ2) is 10.6. The highest BCUT2D eigenvalue weighted by atomic mass is 32.2. The molecular formula is C33H32O4S. The van der Waals surface area contributed by atoms with Gasteiger partial charge in [0.2, 0.25) is 0 Å². The molecule has 0 saturated heterocycles. The second-order valence-electron chi connectivity index (χ2n) is 9.97. The maximum Gasteiger partial charge on any atom is 0.294 e. The van der Waals surface area contributed by atoms with Gasteiger partial charge in [0.05, 0.1) is 12.0 Å². The van der Waals surface area contributed by atoms with Crippen LogP contribution in [-0.2, 0) is 29.4 Å². The lowest BCUT2D eigenvalue weighted by molar-refractivity contribution is 0.414. The number of hydrogen-bond acceptors (Lipinski definition) is 3. The molecule has 0 aromatic heterocycles. The van der Waals surface area contributed by atoms with E-state index < -0.39 is 10.1 Å². The zero-order chi connectivity index (χ0) is 26.9. The minimum atomic E-state index is -4.26. The van der Waals surface area contributed by atoms with Crippen molar-refractivity contribution in [2.75, 3.05) is 7.11 Å². The Labute approximate surface area is 225 Å². The Morgan fingerprint density at radius 2 is 1.58 bits per heavy atom. The highest BCUT2D eigenvalue weighted by molar-refractivity contribution is 7.85. The first-order valence-corrected chi connectivity index (χ1v) is 14.3. The third-order valence-corrected chi connectivity index (χ3v) is 8.37. The summed E-state index contributed by atoms with van der Waals surface area (Å²) in [6, 6.07) is 28.5. The van der Waals surface area contributed by atoms with E-state index >= 15 is 0 Å². The van der Waals surface area contributed by atoms with Crippen molar-refractivity contribution in [3.63, 3.8) is 0 Å². The average molecular weight is 525 g/mol. The van der Waals surface area contributed by atoms with Gasteiger partial charge in [-0.05, 0) is 108 Å². The Kier molecular flexibility index (Phi) is 7.24. The van der Waals surface area contributed by atoms with E-state index in [1.54, 1.807) is 13.2 Å². The van der Waals surface area contributed by atoms with Gasteiger partial charge in [0, 0.05) is 0 Å². The van der Waals surface area contributed by atoms with Crippen LogP contribution in [0, 0.1) is 13.8 Å². The number of methoxy groups -OCH3 is 1. The standard InChI is InChI=1S/C33H32O4S/c1-22-8-19-32(38(34,35)36)27(20-22)14-11-24-9-12-25(13-10-24)33-30-18-16-28(37-3)21-26(30)15-17-31(33)29-7-5-4-6-23(29)2/h4-10,12-13,16,18-21H,11,14-15,17H2,1-3H3,(H,34,35,36). The first-order valence-electron chi connectivity index (χ1n) is 12.9. The van der Waals surface area contributed by atoms with E-state index in [2.05, 4.69) is 67.6 Å². The van der Waals surface area contributed by atoms with Crippen LogP contribution in [0.5, 0.6) is 5.75 Å². The first-order chi connectivity index (χ1) is 18.2. The van der Waals surface area contributed by atoms with Crippen molar-refractivity contribution >= 4 is 21.3 Å². The number of aryl methyl sites for hydroxylation is 5. The van der Waals surface area contributed by atoms with E-state index in [1.165, 1.54) is 39.5 Å². The third-order valence-electron chi connectivity index (χ3n) is 7.42. The lowest BCUT2D eigenvalue weighted by Crippen LogP contribution is -2.07. The molecular weight excluding hydrogens is 492 g/mol. The van der Waals surface area contributed by atoms with E-state index in [4.69, 9.17) is 4.74 Å². The quantitative estimate of drug-likeness (QED) is 0.259. The van der Waals surface area contributed by atoms with Crippen molar-refractivity contribution in [1.82, 2.24) is 0 Å². The van der Waals surface area contributed by atoms with E-state index in [0.717, 1.165) is 35.3 Å². The molecule has 194 valence electrons. The summed E-state index contributed by atoms with van der Waals surface area (Å²) in [7, 11) is -2.56. The van der Waals surface area contributed by atoms with Crippen LogP contribution in [-0.4, -0.2) is 20.1 Å². The summed E-state index contributed by atoms with van der Waals surface area (Å²) in [5, 5.41) is 0. The van der Waals surface area contributed by atoms with Crippen LogP contribution >= 0.6 is 0 Å². The van der Waals surface area contributed by atoms with Crippen molar-refractivity contribution in [2.24, 2.45) is 0 Å². The van der Waals surface area contributed by atoms with Gasteiger partial charge in [-0.15, -0.1) is 0 Å². The Balaban J connectivity index is 1.51. The summed E-state index contributed by atoms with van der Waals surface area (Å²) in [6.07, 6.45) is 3.11. The molecule has 0 fully saturated rings. The van der Waals surface area contributed by atoms with Crippen LogP contribution in [0.4, 0.5) is 0 Å². The highest BCUT2D eigenvalue weighted by Gasteiger charge is 2.23. The molecule has 5 heteroatoms. The molecule has 1 aliphatic carbocycles. The Bertz CT molecular complexity index is 1630. The van der Waals surface area contributed by atoms with Gasteiger partial charge in [0.25, 0.3) is 10.1 Å². The molecule has 0 radical (unpaired) electrons. The number of benzene rings is 4. The van der Waals surface area contributed by atoms with E-state index in [0.29, 0.717) is 18.4 Å². The topological polar surface area (TPSA) is 63.6 Å². The minimum absolute atomic E-state index is 0.0120. The summed E-state index contributed by atoms with van der Waals surface area (Å²) in [6.45, 7) is 4.09. The van der Waals surface area contributed by atoms with Crippen molar-refractivity contribution < 1.29 is 17.7 Å². The smallest absolute Gasteiger partial charge is 0.294 e. The van der Waals surface area contributed by atoms with E-state index in [9.17, 15) is 13.0 Å². The highest BCUT2D eigenvalue weighted by Crippen LogP contribution is 2.42. The minimum Gasteiger partial charge on any atom is -0.497 e. The van der Waals surface area contributed by atoms with E-state index in [-0.39, 0.29) is 4.90 Å². The van der Waals surface area contributed by atoms with Crippen molar-refractivity contribution in [1.29, 1.82) is 0 Å². The van der Waals surface area contributed by atoms with Gasteiger partial charge in [-0.2, -0.15) is 8.42 Å². The lowest BCUT2D eigenvalue weighted by atomic mass is 9.78. The maximum atomic E-state index is 11.9. The fourth-order valence-corrected chi connectivity index (χ4v) is 6.21. The van der Waals surface area contributed by atoms with Crippen LogP contribution in [0.25, 0.3) is 11.1 Å². The van der Waals surface area contributed by atoms with Gasteiger partial charge >= 0.3 is 0 Å². The third kappa shape index (κ3) is 5.31. The van der Waals surface area contributed by atoms with Crippen LogP contribution in [0.1, 0.15) is 50.9 Å². The molecule has 0 aliphatic heterocycles. The fraction of sp³-hybridized carbons (Fsp3) is 0.212. The molecule has 4 nitrogen and oxygen atoms in total. The van der Waals surface area contributed by atoms with Gasteiger partial charge in [-0.3, -0.25) is 4.55 Å². The second-order valence-corrected chi connectivity index (χ2v) is 11.4. The molecule has 0 amide bonds. The molecule has 5 rings (SSSR count). The summed E-state index contributed by atoms with van der Waals surface area (Å²) in [5.41, 5.74) is 11.5. The molecule has 0 spiro atoms. The van der Waals surface area contributed by atoms with Gasteiger partial charge in [-0.25, -0.2) is 0 Å². The summed E-state index contributed by atoms with van der Waals surface area (Å²) in [4.78, 5) is -0.0120. The number of fused-ring (bicyclic) bond motifs is 1. The average Bonchev–Trinajstić information content (AvgIpc) is 2.91. The molecule has 1 aliphatic rings. The predicted molar refractivity (Wildman–Crippen MR) is 153 cm³/mol. The monoisotopic (exact) mass is 524 g/mol. The largest absolute Gasteiger partial charge is 0.497 e. The van der Waals surface area contributed by atoms with Crippen molar-refractivity contribution in [3.05, 3.63) is 129 Å². The molecule has 4 aromatic rings. The summed E-state index contributed by atoms with van der Waals surface area (Å²) < 4.78 is 38.9. The summed E-state index contributed by atoms with van der Waals surface area (Å²) >= 11 is 0. The molecule has 0 atom stereocenters. The molecule has 0 heterocycles. The van der Waals surface area contributed by atoms with Crippen LogP contribution in [0.3, 0.4) is 0 Å². The Hall–Kier alpha value is -3.67. The Morgan fingerprint density at radius 1 is 0.816 bits per heavy atom. The lowest BCUT2D eigenvalue weighted by Gasteiger charge is -2.26. The zero-order valence-electron chi connectivity index (χ0n) is 22.0. The number of allylic oxidation sites excluding steroid dienone is 1. The fourth-order valence-electron chi connectivity index (χ4n) is 5.48. The number of ether oxygens (including phenoxy) is 1. The van der Waals surface area contributed by atoms with Gasteiger partial charge in [0.1, 0.15) is 5.75 Å². The van der Waals surface area contributed by atoms with E-state index in [1.807, 2.05) is 19.1 Å². The molecule has 38 heavy (non-hydrogen) atoms. The molecule has 0 saturated carbocycles. The normalized spacial score (nSPS) is 13.4. The Morgan fingerprint density at radius 3 is 2.29 bits per heavy atom. The van der Waals surface area contributed by atoms with Gasteiger partial charge in [0.15, 0.2) is 0 Å².